The van der Waals surface area contributed by atoms with Crippen molar-refractivity contribution in [2.45, 2.75) is 32.7 Å². The van der Waals surface area contributed by atoms with E-state index < -0.39 is 0 Å². The normalized spacial score (nSPS) is 16.7. The zero-order valence-electron chi connectivity index (χ0n) is 16.6. The number of hydrogen-bond donors (Lipinski definition) is 1. The molecule has 2 aromatic rings. The second-order valence-electron chi connectivity index (χ2n) is 7.59. The van der Waals surface area contributed by atoms with Crippen LogP contribution in [0.3, 0.4) is 0 Å². The summed E-state index contributed by atoms with van der Waals surface area (Å²) in [5, 5.41) is 2.87. The number of rotatable bonds is 6. The summed E-state index contributed by atoms with van der Waals surface area (Å²) < 4.78 is 5.93. The van der Waals surface area contributed by atoms with E-state index in [1.54, 1.807) is 12.1 Å². The van der Waals surface area contributed by atoms with E-state index in [2.05, 4.69) is 5.32 Å². The maximum absolute atomic E-state index is 12.6. The fourth-order valence-corrected chi connectivity index (χ4v) is 3.41. The van der Waals surface area contributed by atoms with Crippen LogP contribution in [0.2, 0.25) is 0 Å². The molecule has 1 N–H and O–H groups in total. The molecule has 1 atom stereocenters. The maximum Gasteiger partial charge on any atom is 0.253 e. The number of benzene rings is 2. The topological polar surface area (TPSA) is 58.6 Å². The molecule has 2 amide bonds. The van der Waals surface area contributed by atoms with Crippen LogP contribution >= 0.6 is 0 Å². The molecule has 3 rings (SSSR count). The molecule has 1 aliphatic heterocycles. The number of hydrogen-bond acceptors (Lipinski definition) is 3. The number of carbonyl (C=O) groups is 2. The molecule has 1 saturated heterocycles. The van der Waals surface area contributed by atoms with Crippen molar-refractivity contribution in [1.29, 1.82) is 0 Å². The van der Waals surface area contributed by atoms with Crippen LogP contribution in [0.4, 0.5) is 0 Å². The van der Waals surface area contributed by atoms with Gasteiger partial charge in [0.25, 0.3) is 11.8 Å². The summed E-state index contributed by atoms with van der Waals surface area (Å²) >= 11 is 0. The van der Waals surface area contributed by atoms with Crippen LogP contribution in [-0.2, 0) is 0 Å². The lowest BCUT2D eigenvalue weighted by Gasteiger charge is -2.32. The van der Waals surface area contributed by atoms with E-state index in [4.69, 9.17) is 4.74 Å². The monoisotopic (exact) mass is 380 g/mol. The summed E-state index contributed by atoms with van der Waals surface area (Å²) in [6.45, 7) is 5.94. The van der Waals surface area contributed by atoms with Gasteiger partial charge in [-0.15, -0.1) is 0 Å². The maximum atomic E-state index is 12.6. The molecule has 0 bridgehead atoms. The Morgan fingerprint density at radius 2 is 1.79 bits per heavy atom. The summed E-state index contributed by atoms with van der Waals surface area (Å²) in [6.07, 6.45) is 2.04. The summed E-state index contributed by atoms with van der Waals surface area (Å²) in [7, 11) is 0. The Balaban J connectivity index is 1.52. The Kier molecular flexibility index (Phi) is 6.69. The number of carbonyl (C=O) groups excluding carboxylic acids is 2. The van der Waals surface area contributed by atoms with E-state index >= 15 is 0 Å². The van der Waals surface area contributed by atoms with Gasteiger partial charge in [0.2, 0.25) is 0 Å². The second kappa shape index (κ2) is 9.40. The van der Waals surface area contributed by atoms with Gasteiger partial charge in [-0.1, -0.05) is 18.2 Å². The van der Waals surface area contributed by atoms with E-state index in [9.17, 15) is 9.59 Å². The lowest BCUT2D eigenvalue weighted by molar-refractivity contribution is 0.0633. The highest BCUT2D eigenvalue weighted by atomic mass is 16.5. The zero-order valence-corrected chi connectivity index (χ0v) is 16.6. The Hall–Kier alpha value is -2.82. The summed E-state index contributed by atoms with van der Waals surface area (Å²) in [5.74, 6) is 1.06. The average molecular weight is 380 g/mol. The van der Waals surface area contributed by atoms with Crippen molar-refractivity contribution in [3.63, 3.8) is 0 Å². The van der Waals surface area contributed by atoms with Crippen molar-refractivity contribution >= 4 is 11.8 Å². The minimum atomic E-state index is -0.0797. The lowest BCUT2D eigenvalue weighted by Crippen LogP contribution is -2.41. The lowest BCUT2D eigenvalue weighted by atomic mass is 9.98. The van der Waals surface area contributed by atoms with E-state index in [-0.39, 0.29) is 17.9 Å². The largest absolute Gasteiger partial charge is 0.493 e. The predicted molar refractivity (Wildman–Crippen MR) is 110 cm³/mol. The van der Waals surface area contributed by atoms with E-state index in [0.717, 1.165) is 30.7 Å². The fourth-order valence-electron chi connectivity index (χ4n) is 3.41. The van der Waals surface area contributed by atoms with Gasteiger partial charge in [-0.25, -0.2) is 0 Å². The number of nitrogens with zero attached hydrogens (tertiary/aromatic N) is 1. The molecule has 28 heavy (non-hydrogen) atoms. The van der Waals surface area contributed by atoms with Crippen molar-refractivity contribution in [2.24, 2.45) is 5.92 Å². The van der Waals surface area contributed by atoms with Crippen LogP contribution in [0.25, 0.3) is 0 Å². The van der Waals surface area contributed by atoms with Gasteiger partial charge in [0.1, 0.15) is 5.75 Å². The molecule has 0 aliphatic carbocycles. The second-order valence-corrected chi connectivity index (χ2v) is 7.59. The molecule has 0 radical (unpaired) electrons. The van der Waals surface area contributed by atoms with Gasteiger partial charge in [0.15, 0.2) is 0 Å². The molecular formula is C23H28N2O3. The van der Waals surface area contributed by atoms with Gasteiger partial charge in [0.05, 0.1) is 6.61 Å². The average Bonchev–Trinajstić information content (AvgIpc) is 2.72. The minimum Gasteiger partial charge on any atom is -0.493 e. The van der Waals surface area contributed by atoms with Crippen molar-refractivity contribution in [1.82, 2.24) is 10.2 Å². The van der Waals surface area contributed by atoms with Crippen molar-refractivity contribution in [2.75, 3.05) is 19.7 Å². The Morgan fingerprint density at radius 3 is 2.46 bits per heavy atom. The molecule has 5 nitrogen and oxygen atoms in total. The first kappa shape index (κ1) is 19.9. The molecule has 1 fully saturated rings. The smallest absolute Gasteiger partial charge is 0.253 e. The van der Waals surface area contributed by atoms with Gasteiger partial charge in [-0.3, -0.25) is 9.59 Å². The number of piperidine rings is 1. The highest BCUT2D eigenvalue weighted by Gasteiger charge is 2.24. The molecule has 0 aromatic heterocycles. The van der Waals surface area contributed by atoms with Gasteiger partial charge in [-0.2, -0.15) is 0 Å². The Labute approximate surface area is 166 Å². The molecule has 5 heteroatoms. The van der Waals surface area contributed by atoms with Crippen LogP contribution in [-0.4, -0.2) is 42.5 Å². The molecular weight excluding hydrogens is 352 g/mol. The molecule has 1 aliphatic rings. The van der Waals surface area contributed by atoms with Crippen molar-refractivity contribution < 1.29 is 14.3 Å². The first-order chi connectivity index (χ1) is 13.5. The first-order valence-electron chi connectivity index (χ1n) is 9.91. The zero-order chi connectivity index (χ0) is 19.9. The van der Waals surface area contributed by atoms with Crippen LogP contribution in [0.15, 0.2) is 54.6 Å². The van der Waals surface area contributed by atoms with Crippen molar-refractivity contribution in [3.8, 4) is 5.75 Å². The molecule has 1 heterocycles. The molecule has 2 aromatic carbocycles. The van der Waals surface area contributed by atoms with Gasteiger partial charge >= 0.3 is 0 Å². The third kappa shape index (κ3) is 5.35. The van der Waals surface area contributed by atoms with Gasteiger partial charge in [-0.05, 0) is 63.1 Å². The first-order valence-corrected chi connectivity index (χ1v) is 9.91. The fraction of sp³-hybridized carbons (Fsp3) is 0.391. The van der Waals surface area contributed by atoms with E-state index in [1.807, 2.05) is 61.2 Å². The quantitative estimate of drug-likeness (QED) is 0.830. The number of ether oxygens (including phenoxy) is 1. The summed E-state index contributed by atoms with van der Waals surface area (Å²) in [5.41, 5.74) is 1.36. The van der Waals surface area contributed by atoms with Crippen LogP contribution in [0.5, 0.6) is 5.75 Å². The SMILES string of the molecule is CC(C)NC(=O)c1ccc(OC[C@H]2CCCN(C(=O)c3ccccc3)C2)cc1. The molecule has 148 valence electrons. The Morgan fingerprint density at radius 1 is 1.07 bits per heavy atom. The number of amides is 2. The van der Waals surface area contributed by atoms with Crippen LogP contribution in [0, 0.1) is 5.92 Å². The van der Waals surface area contributed by atoms with Gasteiger partial charge in [0, 0.05) is 36.2 Å². The number of likely N-dealkylation sites (tertiary alicyclic amines) is 1. The van der Waals surface area contributed by atoms with Crippen molar-refractivity contribution in [3.05, 3.63) is 65.7 Å². The van der Waals surface area contributed by atoms with Crippen LogP contribution in [0.1, 0.15) is 47.4 Å². The Bertz CT molecular complexity index is 787. The van der Waals surface area contributed by atoms with Crippen LogP contribution < -0.4 is 10.1 Å². The van der Waals surface area contributed by atoms with E-state index in [1.165, 1.54) is 0 Å². The van der Waals surface area contributed by atoms with E-state index in [0.29, 0.717) is 24.6 Å². The highest BCUT2D eigenvalue weighted by molar-refractivity contribution is 5.94. The minimum absolute atomic E-state index is 0.0797. The predicted octanol–water partition coefficient (Wildman–Crippen LogP) is 3.76. The summed E-state index contributed by atoms with van der Waals surface area (Å²) in [6, 6.07) is 16.7. The molecule has 0 saturated carbocycles. The standard InChI is InChI=1S/C23H28N2O3/c1-17(2)24-22(26)19-10-12-21(13-11-19)28-16-18-7-6-14-25(15-18)23(27)20-8-4-3-5-9-20/h3-5,8-13,17-18H,6-7,14-16H2,1-2H3,(H,24,26)/t18-/m0/s1. The summed E-state index contributed by atoms with van der Waals surface area (Å²) in [4.78, 5) is 26.6. The molecule has 0 unspecified atom stereocenters. The van der Waals surface area contributed by atoms with Gasteiger partial charge < -0.3 is 15.0 Å². The third-order valence-corrected chi connectivity index (χ3v) is 4.85. The molecule has 0 spiro atoms. The number of nitrogens with one attached hydrogen (secondary N) is 1. The third-order valence-electron chi connectivity index (χ3n) is 4.85. The highest BCUT2D eigenvalue weighted by Crippen LogP contribution is 2.21.